The lowest BCUT2D eigenvalue weighted by molar-refractivity contribution is -0.119. The lowest BCUT2D eigenvalue weighted by Gasteiger charge is -2.17. The van der Waals surface area contributed by atoms with Gasteiger partial charge in [0.25, 0.3) is 0 Å². The average Bonchev–Trinajstić information content (AvgIpc) is 2.53. The van der Waals surface area contributed by atoms with Gasteiger partial charge >= 0.3 is 0 Å². The Morgan fingerprint density at radius 2 is 1.62 bits per heavy atom. The Morgan fingerprint density at radius 1 is 1.04 bits per heavy atom. The van der Waals surface area contributed by atoms with Crippen LogP contribution in [0.4, 0.5) is 15.8 Å². The number of likely N-dealkylation sites (N-methyl/N-ethyl adjacent to an activating group) is 1. The first kappa shape index (κ1) is 19.9. The van der Waals surface area contributed by atoms with Crippen molar-refractivity contribution in [2.24, 2.45) is 0 Å². The first-order chi connectivity index (χ1) is 12.3. The molecule has 7 heteroatoms. The largest absolute Gasteiger partial charge is 0.324 e. The molecular formula is C19H21ClFN3O2. The summed E-state index contributed by atoms with van der Waals surface area (Å²) in [6.07, 6.45) is 0. The van der Waals surface area contributed by atoms with E-state index in [1.165, 1.54) is 12.1 Å². The number of halogens is 2. The molecule has 138 valence electrons. The van der Waals surface area contributed by atoms with Crippen molar-refractivity contribution < 1.29 is 14.0 Å². The first-order valence-corrected chi connectivity index (χ1v) is 8.43. The summed E-state index contributed by atoms with van der Waals surface area (Å²) in [5, 5.41) is 5.57. The highest BCUT2D eigenvalue weighted by molar-refractivity contribution is 6.30. The molecule has 0 atom stereocenters. The molecule has 0 saturated carbocycles. The number of hydrogen-bond donors (Lipinski definition) is 2. The van der Waals surface area contributed by atoms with Gasteiger partial charge in [-0.2, -0.15) is 0 Å². The number of para-hydroxylation sites is 1. The molecule has 5 nitrogen and oxygen atoms in total. The third-order valence-corrected chi connectivity index (χ3v) is 4.01. The Morgan fingerprint density at radius 3 is 2.19 bits per heavy atom. The molecule has 0 aromatic heterocycles. The molecule has 0 aliphatic carbocycles. The van der Waals surface area contributed by atoms with Crippen LogP contribution in [0.25, 0.3) is 0 Å². The molecule has 0 unspecified atom stereocenters. The minimum absolute atomic E-state index is 0.0320. The van der Waals surface area contributed by atoms with Gasteiger partial charge < -0.3 is 10.6 Å². The first-order valence-electron chi connectivity index (χ1n) is 8.06. The summed E-state index contributed by atoms with van der Waals surface area (Å²) in [7, 11) is 1.64. The molecule has 0 radical (unpaired) electrons. The number of nitrogens with zero attached hydrogens (tertiary/aromatic N) is 1. The topological polar surface area (TPSA) is 61.4 Å². The maximum atomic E-state index is 13.7. The van der Waals surface area contributed by atoms with E-state index >= 15 is 0 Å². The Kier molecular flexibility index (Phi) is 6.71. The summed E-state index contributed by atoms with van der Waals surface area (Å²) < 4.78 is 13.7. The fourth-order valence-electron chi connectivity index (χ4n) is 2.52. The number of carbonyl (C=O) groups excluding carboxylic acids is 2. The number of aryl methyl sites for hydroxylation is 2. The predicted molar refractivity (Wildman–Crippen MR) is 102 cm³/mol. The van der Waals surface area contributed by atoms with E-state index in [4.69, 9.17) is 11.6 Å². The van der Waals surface area contributed by atoms with Crippen LogP contribution in [0.2, 0.25) is 5.02 Å². The van der Waals surface area contributed by atoms with E-state index in [9.17, 15) is 14.0 Å². The van der Waals surface area contributed by atoms with Crippen LogP contribution in [-0.4, -0.2) is 36.9 Å². The summed E-state index contributed by atoms with van der Waals surface area (Å²) in [6.45, 7) is 3.81. The third kappa shape index (κ3) is 5.54. The fraction of sp³-hybridized carbons (Fsp3) is 0.263. The second-order valence-electron chi connectivity index (χ2n) is 6.16. The summed E-state index contributed by atoms with van der Waals surface area (Å²) in [5.41, 5.74) is 2.76. The number of carbonyl (C=O) groups is 2. The molecule has 0 heterocycles. The molecule has 2 N–H and O–H groups in total. The highest BCUT2D eigenvalue weighted by atomic mass is 35.5. The number of rotatable bonds is 6. The van der Waals surface area contributed by atoms with Crippen molar-refractivity contribution in [3.63, 3.8) is 0 Å². The molecule has 0 bridgehead atoms. The SMILES string of the molecule is Cc1cccc(C)c1NC(=O)CN(C)CC(=O)Nc1ccc(Cl)cc1F. The molecule has 0 aliphatic rings. The van der Waals surface area contributed by atoms with Gasteiger partial charge in [0.2, 0.25) is 11.8 Å². The minimum atomic E-state index is -0.610. The molecule has 0 saturated heterocycles. The van der Waals surface area contributed by atoms with Gasteiger partial charge in [0.05, 0.1) is 18.8 Å². The van der Waals surface area contributed by atoms with Gasteiger partial charge in [-0.15, -0.1) is 0 Å². The van der Waals surface area contributed by atoms with Gasteiger partial charge in [0.1, 0.15) is 5.82 Å². The Labute approximate surface area is 157 Å². The second kappa shape index (κ2) is 8.78. The van der Waals surface area contributed by atoms with Gasteiger partial charge in [0, 0.05) is 10.7 Å². The Balaban J connectivity index is 1.88. The number of amides is 2. The molecule has 2 aromatic rings. The Bertz CT molecular complexity index is 806. The minimum Gasteiger partial charge on any atom is -0.324 e. The van der Waals surface area contributed by atoms with Crippen LogP contribution in [-0.2, 0) is 9.59 Å². The molecule has 0 fully saturated rings. The zero-order chi connectivity index (χ0) is 19.3. The van der Waals surface area contributed by atoms with Gasteiger partial charge in [-0.05, 0) is 50.2 Å². The zero-order valence-corrected chi connectivity index (χ0v) is 15.7. The van der Waals surface area contributed by atoms with E-state index in [0.717, 1.165) is 22.9 Å². The van der Waals surface area contributed by atoms with Crippen molar-refractivity contribution in [2.75, 3.05) is 30.8 Å². The maximum absolute atomic E-state index is 13.7. The normalized spacial score (nSPS) is 10.7. The summed E-state index contributed by atoms with van der Waals surface area (Å²) >= 11 is 5.68. The number of anilines is 2. The van der Waals surface area contributed by atoms with Crippen molar-refractivity contribution in [3.05, 3.63) is 58.4 Å². The van der Waals surface area contributed by atoms with E-state index in [-0.39, 0.29) is 29.7 Å². The van der Waals surface area contributed by atoms with Gasteiger partial charge in [-0.25, -0.2) is 4.39 Å². The number of hydrogen-bond acceptors (Lipinski definition) is 3. The van der Waals surface area contributed by atoms with Crippen LogP contribution in [0.3, 0.4) is 0 Å². The number of benzene rings is 2. The molecular weight excluding hydrogens is 357 g/mol. The molecule has 0 spiro atoms. The standard InChI is InChI=1S/C19H21ClFN3O2/c1-12-5-4-6-13(2)19(12)23-18(26)11-24(3)10-17(25)22-16-8-7-14(20)9-15(16)21/h4-9H,10-11H2,1-3H3,(H,22,25)(H,23,26). The molecule has 2 rings (SSSR count). The van der Waals surface area contributed by atoms with Crippen molar-refractivity contribution in [2.45, 2.75) is 13.8 Å². The number of nitrogens with one attached hydrogen (secondary N) is 2. The lowest BCUT2D eigenvalue weighted by Crippen LogP contribution is -2.36. The van der Waals surface area contributed by atoms with E-state index < -0.39 is 11.7 Å². The molecule has 0 aliphatic heterocycles. The van der Waals surface area contributed by atoms with E-state index in [2.05, 4.69) is 10.6 Å². The fourth-order valence-corrected chi connectivity index (χ4v) is 2.68. The van der Waals surface area contributed by atoms with Crippen molar-refractivity contribution in [1.82, 2.24) is 4.90 Å². The van der Waals surface area contributed by atoms with Crippen molar-refractivity contribution in [3.8, 4) is 0 Å². The third-order valence-electron chi connectivity index (χ3n) is 3.78. The second-order valence-corrected chi connectivity index (χ2v) is 6.60. The quantitative estimate of drug-likeness (QED) is 0.808. The summed E-state index contributed by atoms with van der Waals surface area (Å²) in [6, 6.07) is 9.76. The highest BCUT2D eigenvalue weighted by Gasteiger charge is 2.14. The lowest BCUT2D eigenvalue weighted by atomic mass is 10.1. The van der Waals surface area contributed by atoms with Crippen LogP contribution in [0.5, 0.6) is 0 Å². The smallest absolute Gasteiger partial charge is 0.238 e. The van der Waals surface area contributed by atoms with Crippen LogP contribution in [0.15, 0.2) is 36.4 Å². The zero-order valence-electron chi connectivity index (χ0n) is 14.9. The predicted octanol–water partition coefficient (Wildman–Crippen LogP) is 3.60. The van der Waals surface area contributed by atoms with Crippen LogP contribution in [0, 0.1) is 19.7 Å². The van der Waals surface area contributed by atoms with Crippen LogP contribution < -0.4 is 10.6 Å². The van der Waals surface area contributed by atoms with Gasteiger partial charge in [-0.1, -0.05) is 29.8 Å². The van der Waals surface area contributed by atoms with Crippen LogP contribution in [0.1, 0.15) is 11.1 Å². The van der Waals surface area contributed by atoms with Gasteiger partial charge in [0.15, 0.2) is 0 Å². The summed E-state index contributed by atoms with van der Waals surface area (Å²) in [5.74, 6) is -1.26. The molecule has 2 amide bonds. The molecule has 26 heavy (non-hydrogen) atoms. The van der Waals surface area contributed by atoms with Crippen LogP contribution >= 0.6 is 11.6 Å². The van der Waals surface area contributed by atoms with Gasteiger partial charge in [-0.3, -0.25) is 14.5 Å². The monoisotopic (exact) mass is 377 g/mol. The van der Waals surface area contributed by atoms with Crippen molar-refractivity contribution in [1.29, 1.82) is 0 Å². The van der Waals surface area contributed by atoms with Crippen molar-refractivity contribution >= 4 is 34.8 Å². The maximum Gasteiger partial charge on any atom is 0.238 e. The summed E-state index contributed by atoms with van der Waals surface area (Å²) in [4.78, 5) is 25.8. The van der Waals surface area contributed by atoms with E-state index in [0.29, 0.717) is 0 Å². The van der Waals surface area contributed by atoms with E-state index in [1.807, 2.05) is 32.0 Å². The average molecular weight is 378 g/mol. The highest BCUT2D eigenvalue weighted by Crippen LogP contribution is 2.20. The molecule has 2 aromatic carbocycles. The Hall–Kier alpha value is -2.44. The van der Waals surface area contributed by atoms with E-state index in [1.54, 1.807) is 11.9 Å².